The van der Waals surface area contributed by atoms with Gasteiger partial charge in [0, 0.05) is 40.6 Å². The maximum absolute atomic E-state index is 11.7. The number of carbonyl (C=O) groups is 1. The van der Waals surface area contributed by atoms with Crippen LogP contribution in [0.4, 0.5) is 17.1 Å². The molecule has 0 aromatic heterocycles. The van der Waals surface area contributed by atoms with E-state index in [0.717, 1.165) is 42.7 Å². The quantitative estimate of drug-likeness (QED) is 0.392. The fourth-order valence-electron chi connectivity index (χ4n) is 4.55. The van der Waals surface area contributed by atoms with Crippen LogP contribution in [0.2, 0.25) is 0 Å². The minimum absolute atomic E-state index is 0.0580. The van der Waals surface area contributed by atoms with Gasteiger partial charge in [-0.05, 0) is 62.3 Å². The molecular formula is C28H33N3OS. The molecule has 0 saturated carbocycles. The van der Waals surface area contributed by atoms with Crippen LogP contribution in [0.25, 0.3) is 11.1 Å². The molecule has 172 valence electrons. The molecule has 33 heavy (non-hydrogen) atoms. The fourth-order valence-corrected chi connectivity index (χ4v) is 5.68. The minimum Gasteiger partial charge on any atom is -0.340 e. The van der Waals surface area contributed by atoms with E-state index in [1.807, 2.05) is 30.0 Å². The van der Waals surface area contributed by atoms with Crippen LogP contribution in [0.3, 0.4) is 0 Å². The van der Waals surface area contributed by atoms with E-state index in [1.165, 1.54) is 21.2 Å². The molecule has 1 aliphatic rings. The highest BCUT2D eigenvalue weighted by Crippen LogP contribution is 2.49. The van der Waals surface area contributed by atoms with Crippen molar-refractivity contribution in [2.24, 2.45) is 0 Å². The number of hydrogen-bond acceptors (Lipinski definition) is 4. The van der Waals surface area contributed by atoms with Crippen molar-refractivity contribution in [3.8, 4) is 11.1 Å². The van der Waals surface area contributed by atoms with Crippen LogP contribution in [-0.2, 0) is 4.79 Å². The summed E-state index contributed by atoms with van der Waals surface area (Å²) in [6.07, 6.45) is 2.27. The van der Waals surface area contributed by atoms with E-state index in [0.29, 0.717) is 6.04 Å². The third-order valence-corrected chi connectivity index (χ3v) is 7.57. The third kappa shape index (κ3) is 5.10. The van der Waals surface area contributed by atoms with Gasteiger partial charge in [-0.3, -0.25) is 4.79 Å². The smallest absolute Gasteiger partial charge is 0.221 e. The van der Waals surface area contributed by atoms with Crippen molar-refractivity contribution in [1.29, 1.82) is 0 Å². The summed E-state index contributed by atoms with van der Waals surface area (Å²) in [6, 6.07) is 23.9. The maximum atomic E-state index is 11.7. The first-order valence-electron chi connectivity index (χ1n) is 11.8. The van der Waals surface area contributed by atoms with Gasteiger partial charge < -0.3 is 15.1 Å². The first-order valence-corrected chi connectivity index (χ1v) is 12.6. The summed E-state index contributed by atoms with van der Waals surface area (Å²) in [6.45, 7) is 8.11. The van der Waals surface area contributed by atoms with Crippen LogP contribution in [0, 0.1) is 0 Å². The fraction of sp³-hybridized carbons (Fsp3) is 0.321. The Hall–Kier alpha value is -2.76. The molecule has 4 rings (SSSR count). The Morgan fingerprint density at radius 2 is 1.73 bits per heavy atom. The lowest BCUT2D eigenvalue weighted by molar-refractivity contribution is -0.114. The SMILES string of the molecule is CCC(CCN1c2ccccc2Sc2cc(-c3ccccc3NC(C)=O)ccc21)N(C)CC. The number of nitrogens with one attached hydrogen (secondary N) is 1. The number of hydrogen-bond donors (Lipinski definition) is 1. The molecular weight excluding hydrogens is 426 g/mol. The predicted octanol–water partition coefficient (Wildman–Crippen LogP) is 7.04. The molecule has 0 saturated heterocycles. The molecule has 0 bridgehead atoms. The van der Waals surface area contributed by atoms with Gasteiger partial charge in [0.1, 0.15) is 0 Å². The Kier molecular flexibility index (Phi) is 7.41. The van der Waals surface area contributed by atoms with Gasteiger partial charge in [-0.15, -0.1) is 0 Å². The Morgan fingerprint density at radius 3 is 2.48 bits per heavy atom. The van der Waals surface area contributed by atoms with Crippen molar-refractivity contribution >= 4 is 34.7 Å². The molecule has 0 radical (unpaired) electrons. The Bertz CT molecular complexity index is 1130. The van der Waals surface area contributed by atoms with Gasteiger partial charge in [-0.2, -0.15) is 0 Å². The third-order valence-electron chi connectivity index (χ3n) is 6.45. The summed E-state index contributed by atoms with van der Waals surface area (Å²) in [5.41, 5.74) is 5.54. The average Bonchev–Trinajstić information content (AvgIpc) is 2.83. The van der Waals surface area contributed by atoms with Crippen molar-refractivity contribution in [2.75, 3.05) is 30.4 Å². The second-order valence-corrected chi connectivity index (χ2v) is 9.64. The van der Waals surface area contributed by atoms with Crippen LogP contribution >= 0.6 is 11.8 Å². The highest BCUT2D eigenvalue weighted by Gasteiger charge is 2.25. The second-order valence-electron chi connectivity index (χ2n) is 8.55. The summed E-state index contributed by atoms with van der Waals surface area (Å²) in [5, 5.41) is 2.97. The molecule has 4 nitrogen and oxygen atoms in total. The van der Waals surface area contributed by atoms with E-state index in [4.69, 9.17) is 0 Å². The molecule has 0 fully saturated rings. The van der Waals surface area contributed by atoms with E-state index < -0.39 is 0 Å². The van der Waals surface area contributed by atoms with Crippen molar-refractivity contribution < 1.29 is 4.79 Å². The summed E-state index contributed by atoms with van der Waals surface area (Å²) in [5.74, 6) is -0.0580. The molecule has 0 spiro atoms. The van der Waals surface area contributed by atoms with Gasteiger partial charge in [0.15, 0.2) is 0 Å². The van der Waals surface area contributed by atoms with E-state index in [-0.39, 0.29) is 5.91 Å². The highest BCUT2D eigenvalue weighted by molar-refractivity contribution is 7.99. The number of rotatable bonds is 8. The second kappa shape index (κ2) is 10.4. The molecule has 1 N–H and O–H groups in total. The minimum atomic E-state index is -0.0580. The van der Waals surface area contributed by atoms with Gasteiger partial charge in [-0.25, -0.2) is 0 Å². The summed E-state index contributed by atoms with van der Waals surface area (Å²) in [7, 11) is 2.22. The molecule has 3 aromatic rings. The van der Waals surface area contributed by atoms with Gasteiger partial charge in [0.25, 0.3) is 0 Å². The Labute approximate surface area is 202 Å². The molecule has 1 aliphatic heterocycles. The maximum Gasteiger partial charge on any atom is 0.221 e. The molecule has 1 heterocycles. The van der Waals surface area contributed by atoms with Crippen molar-refractivity contribution in [2.45, 2.75) is 49.4 Å². The summed E-state index contributed by atoms with van der Waals surface area (Å²) in [4.78, 5) is 19.2. The Balaban J connectivity index is 1.69. The zero-order valence-corrected chi connectivity index (χ0v) is 20.8. The molecule has 1 unspecified atom stereocenters. The van der Waals surface area contributed by atoms with E-state index in [1.54, 1.807) is 6.92 Å². The van der Waals surface area contributed by atoms with Crippen LogP contribution in [0.5, 0.6) is 0 Å². The number of carbonyl (C=O) groups excluding carboxylic acids is 1. The lowest BCUT2D eigenvalue weighted by Gasteiger charge is -2.35. The number of para-hydroxylation sites is 2. The monoisotopic (exact) mass is 459 g/mol. The molecule has 0 aliphatic carbocycles. The molecule has 1 atom stereocenters. The topological polar surface area (TPSA) is 35.6 Å². The van der Waals surface area contributed by atoms with E-state index >= 15 is 0 Å². The van der Waals surface area contributed by atoms with Gasteiger partial charge in [0.05, 0.1) is 11.4 Å². The molecule has 3 aromatic carbocycles. The number of nitrogens with zero attached hydrogens (tertiary/aromatic N) is 2. The normalized spacial score (nSPS) is 13.4. The lowest BCUT2D eigenvalue weighted by Crippen LogP contribution is -2.34. The van der Waals surface area contributed by atoms with E-state index in [2.05, 4.69) is 84.5 Å². The van der Waals surface area contributed by atoms with Crippen LogP contribution in [0.15, 0.2) is 76.5 Å². The number of anilines is 3. The number of fused-ring (bicyclic) bond motifs is 2. The first-order chi connectivity index (χ1) is 16.0. The predicted molar refractivity (Wildman–Crippen MR) is 141 cm³/mol. The Morgan fingerprint density at radius 1 is 1.00 bits per heavy atom. The van der Waals surface area contributed by atoms with Gasteiger partial charge >= 0.3 is 0 Å². The van der Waals surface area contributed by atoms with Gasteiger partial charge in [0.2, 0.25) is 5.91 Å². The largest absolute Gasteiger partial charge is 0.340 e. The summed E-state index contributed by atoms with van der Waals surface area (Å²) >= 11 is 1.83. The average molecular weight is 460 g/mol. The van der Waals surface area contributed by atoms with Crippen molar-refractivity contribution in [3.05, 3.63) is 66.7 Å². The van der Waals surface area contributed by atoms with Crippen LogP contribution < -0.4 is 10.2 Å². The first kappa shape index (κ1) is 23.4. The van der Waals surface area contributed by atoms with Crippen LogP contribution in [0.1, 0.15) is 33.6 Å². The number of benzene rings is 3. The number of amides is 1. The zero-order valence-electron chi connectivity index (χ0n) is 20.0. The van der Waals surface area contributed by atoms with Crippen molar-refractivity contribution in [1.82, 2.24) is 4.90 Å². The van der Waals surface area contributed by atoms with Crippen LogP contribution in [-0.4, -0.2) is 37.0 Å². The lowest BCUT2D eigenvalue weighted by atomic mass is 10.0. The molecule has 1 amide bonds. The van der Waals surface area contributed by atoms with E-state index in [9.17, 15) is 4.79 Å². The zero-order chi connectivity index (χ0) is 23.4. The molecule has 5 heteroatoms. The van der Waals surface area contributed by atoms with Gasteiger partial charge in [-0.1, -0.05) is 62.0 Å². The highest BCUT2D eigenvalue weighted by atomic mass is 32.2. The standard InChI is InChI=1S/C28H33N3OS/c1-5-22(30(4)6-2)17-18-31-25-13-9-10-14-27(25)33-28-19-21(15-16-26(28)31)23-11-7-8-12-24(23)29-20(3)32/h7-16,19,22H,5-6,17-18H2,1-4H3,(H,29,32). The summed E-state index contributed by atoms with van der Waals surface area (Å²) < 4.78 is 0. The van der Waals surface area contributed by atoms with Crippen molar-refractivity contribution in [3.63, 3.8) is 0 Å².